The van der Waals surface area contributed by atoms with E-state index in [-0.39, 0.29) is 31.2 Å². The van der Waals surface area contributed by atoms with Gasteiger partial charge in [-0.1, -0.05) is 70.2 Å². The Morgan fingerprint density at radius 1 is 0.872 bits per heavy atom. The van der Waals surface area contributed by atoms with Crippen molar-refractivity contribution in [2.75, 3.05) is 0 Å². The molecule has 1 aliphatic rings. The maximum Gasteiger partial charge on any atom is 0.354 e. The van der Waals surface area contributed by atoms with E-state index < -0.39 is 5.97 Å². The number of hydrogen-bond acceptors (Lipinski definition) is 3. The molecule has 3 aromatic carbocycles. The second-order valence-electron chi connectivity index (χ2n) is 9.90. The Morgan fingerprint density at radius 3 is 2.26 bits per heavy atom. The summed E-state index contributed by atoms with van der Waals surface area (Å²) in [5.41, 5.74) is 11.4. The second kappa shape index (κ2) is 11.6. The van der Waals surface area contributed by atoms with E-state index in [4.69, 9.17) is 10.1 Å². The summed E-state index contributed by atoms with van der Waals surface area (Å²) in [7, 11) is 0. The zero-order chi connectivity index (χ0) is 26.9. The van der Waals surface area contributed by atoms with Crippen LogP contribution < -0.4 is 0 Å². The standard InChI is InChI=1S/C28H26N.C6H5NO2.Ir/c1-5-28(6-2)24-10-8-7-9-22(24)23-16-20-11-12-26(29-27(20)17-25(23)28)21-14-18(3)13-19(4)15-21;8-6(9)5-3-1-2-4-7-5;/h7-14,16-17H,5-6H2,1-4H3;1-4H,(H,8,9);/q-1;;. The van der Waals surface area contributed by atoms with E-state index in [0.29, 0.717) is 0 Å². The molecule has 5 heteroatoms. The Labute approximate surface area is 243 Å². The van der Waals surface area contributed by atoms with Gasteiger partial charge < -0.3 is 5.11 Å². The van der Waals surface area contributed by atoms with E-state index in [1.807, 2.05) is 0 Å². The first-order chi connectivity index (χ1) is 18.4. The molecular formula is C34H31IrN2O2-. The van der Waals surface area contributed by atoms with Crippen molar-refractivity contribution < 1.29 is 30.0 Å². The Kier molecular flexibility index (Phi) is 8.44. The molecule has 0 atom stereocenters. The van der Waals surface area contributed by atoms with Gasteiger partial charge in [0.2, 0.25) is 0 Å². The minimum absolute atomic E-state index is 0. The Balaban J connectivity index is 0.000000302. The first-order valence-electron chi connectivity index (χ1n) is 13.1. The monoisotopic (exact) mass is 692 g/mol. The van der Waals surface area contributed by atoms with Crippen molar-refractivity contribution >= 4 is 16.9 Å². The van der Waals surface area contributed by atoms with Crippen LogP contribution >= 0.6 is 0 Å². The molecule has 1 aliphatic carbocycles. The van der Waals surface area contributed by atoms with Crippen molar-refractivity contribution in [3.05, 3.63) is 119 Å². The van der Waals surface area contributed by atoms with Crippen LogP contribution in [0.4, 0.5) is 0 Å². The number of aromatic nitrogens is 2. The topological polar surface area (TPSA) is 63.1 Å². The number of carbonyl (C=O) groups is 1. The zero-order valence-corrected chi connectivity index (χ0v) is 25.0. The molecule has 0 saturated heterocycles. The smallest absolute Gasteiger partial charge is 0.354 e. The van der Waals surface area contributed by atoms with Crippen LogP contribution in [0, 0.1) is 19.9 Å². The van der Waals surface area contributed by atoms with Crippen molar-refractivity contribution in [3.8, 4) is 22.4 Å². The van der Waals surface area contributed by atoms with Gasteiger partial charge in [-0.05, 0) is 70.4 Å². The normalized spacial score (nSPS) is 12.5. The van der Waals surface area contributed by atoms with Crippen LogP contribution in [0.5, 0.6) is 0 Å². The maximum absolute atomic E-state index is 10.1. The van der Waals surface area contributed by atoms with Gasteiger partial charge in [0.05, 0.1) is 5.52 Å². The predicted molar refractivity (Wildman–Crippen MR) is 153 cm³/mol. The molecule has 2 aromatic heterocycles. The Hall–Kier alpha value is -3.66. The SMILES string of the molecule is CCC1(CC)c2ccccc2-c2cc3ccc(-c4[c-]c(C)cc(C)c4)nc3cc21.O=C(O)c1ccccn1.[Ir]. The van der Waals surface area contributed by atoms with E-state index in [1.54, 1.807) is 12.1 Å². The van der Waals surface area contributed by atoms with Crippen LogP contribution in [0.15, 0.2) is 85.1 Å². The van der Waals surface area contributed by atoms with Crippen molar-refractivity contribution in [1.29, 1.82) is 0 Å². The fourth-order valence-electron chi connectivity index (χ4n) is 5.75. The molecule has 39 heavy (non-hydrogen) atoms. The van der Waals surface area contributed by atoms with Crippen LogP contribution in [0.1, 0.15) is 59.4 Å². The van der Waals surface area contributed by atoms with Crippen LogP contribution in [0.25, 0.3) is 33.3 Å². The van der Waals surface area contributed by atoms with E-state index in [0.717, 1.165) is 35.2 Å². The molecule has 0 unspecified atom stereocenters. The van der Waals surface area contributed by atoms with Gasteiger partial charge in [0, 0.05) is 31.7 Å². The number of rotatable bonds is 4. The van der Waals surface area contributed by atoms with Crippen molar-refractivity contribution in [2.45, 2.75) is 46.0 Å². The first kappa shape index (κ1) is 28.4. The third-order valence-electron chi connectivity index (χ3n) is 7.59. The molecule has 0 amide bonds. The summed E-state index contributed by atoms with van der Waals surface area (Å²) in [4.78, 5) is 18.8. The number of aromatic carboxylic acids is 1. The minimum Gasteiger partial charge on any atom is -0.477 e. The number of hydrogen-bond donors (Lipinski definition) is 1. The van der Waals surface area contributed by atoms with Crippen molar-refractivity contribution in [1.82, 2.24) is 9.97 Å². The number of carboxylic acids is 1. The van der Waals surface area contributed by atoms with Crippen LogP contribution in [-0.2, 0) is 25.5 Å². The number of nitrogens with zero attached hydrogens (tertiary/aromatic N) is 2. The van der Waals surface area contributed by atoms with Gasteiger partial charge in [-0.3, -0.25) is 4.98 Å². The average molecular weight is 692 g/mol. The summed E-state index contributed by atoms with van der Waals surface area (Å²) >= 11 is 0. The molecule has 0 spiro atoms. The summed E-state index contributed by atoms with van der Waals surface area (Å²) in [6, 6.07) is 30.5. The van der Waals surface area contributed by atoms with E-state index in [2.05, 4.69) is 99.4 Å². The van der Waals surface area contributed by atoms with Gasteiger partial charge >= 0.3 is 5.97 Å². The first-order valence-corrected chi connectivity index (χ1v) is 13.1. The quantitative estimate of drug-likeness (QED) is 0.193. The molecule has 0 aliphatic heterocycles. The molecule has 0 bridgehead atoms. The molecule has 1 N–H and O–H groups in total. The number of carboxylic acid groups (broad SMARTS) is 1. The fraction of sp³-hybridized carbons (Fsp3) is 0.206. The van der Waals surface area contributed by atoms with Crippen LogP contribution in [-0.4, -0.2) is 21.0 Å². The largest absolute Gasteiger partial charge is 0.477 e. The molecule has 199 valence electrons. The zero-order valence-electron chi connectivity index (χ0n) is 22.6. The third kappa shape index (κ3) is 5.30. The molecule has 4 nitrogen and oxygen atoms in total. The van der Waals surface area contributed by atoms with Gasteiger partial charge in [0.15, 0.2) is 0 Å². The Morgan fingerprint density at radius 2 is 1.62 bits per heavy atom. The molecule has 2 heterocycles. The third-order valence-corrected chi connectivity index (χ3v) is 7.59. The van der Waals surface area contributed by atoms with E-state index in [1.165, 1.54) is 45.5 Å². The summed E-state index contributed by atoms with van der Waals surface area (Å²) in [6.45, 7) is 8.85. The Bertz CT molecular complexity index is 1620. The molecule has 5 aromatic rings. The predicted octanol–water partition coefficient (Wildman–Crippen LogP) is 8.18. The molecule has 0 fully saturated rings. The summed E-state index contributed by atoms with van der Waals surface area (Å²) in [6.07, 6.45) is 3.65. The van der Waals surface area contributed by atoms with Gasteiger partial charge in [-0.25, -0.2) is 9.78 Å². The molecule has 6 rings (SSSR count). The van der Waals surface area contributed by atoms with Crippen molar-refractivity contribution in [2.24, 2.45) is 0 Å². The number of fused-ring (bicyclic) bond motifs is 4. The van der Waals surface area contributed by atoms with Gasteiger partial charge in [0.1, 0.15) is 5.69 Å². The summed E-state index contributed by atoms with van der Waals surface area (Å²) < 4.78 is 0. The van der Waals surface area contributed by atoms with E-state index in [9.17, 15) is 4.79 Å². The molecule has 0 saturated carbocycles. The van der Waals surface area contributed by atoms with Gasteiger partial charge in [0.25, 0.3) is 0 Å². The van der Waals surface area contributed by atoms with Crippen molar-refractivity contribution in [3.63, 3.8) is 0 Å². The second-order valence-corrected chi connectivity index (χ2v) is 9.90. The summed E-state index contributed by atoms with van der Waals surface area (Å²) in [5, 5.41) is 9.53. The maximum atomic E-state index is 10.1. The number of aryl methyl sites for hydroxylation is 2. The van der Waals surface area contributed by atoms with Gasteiger partial charge in [-0.15, -0.1) is 34.9 Å². The number of benzene rings is 3. The van der Waals surface area contributed by atoms with E-state index >= 15 is 0 Å². The molecular weight excluding hydrogens is 661 g/mol. The fourth-order valence-corrected chi connectivity index (χ4v) is 5.75. The van der Waals surface area contributed by atoms with Gasteiger partial charge in [-0.2, -0.15) is 0 Å². The summed E-state index contributed by atoms with van der Waals surface area (Å²) in [5.74, 6) is -0.990. The molecule has 1 radical (unpaired) electrons. The van der Waals surface area contributed by atoms with Crippen LogP contribution in [0.2, 0.25) is 0 Å². The van der Waals surface area contributed by atoms with Crippen LogP contribution in [0.3, 0.4) is 0 Å². The average Bonchev–Trinajstić information content (AvgIpc) is 3.21. The minimum atomic E-state index is -0.990. The number of pyridine rings is 2.